The minimum Gasteiger partial charge on any atom is -0.394 e. The number of ether oxygens (including phenoxy) is 10. The molecule has 19 N–H and O–H groups in total. The molecule has 5 rings (SSSR count). The van der Waals surface area contributed by atoms with Crippen LogP contribution >= 0.6 is 0 Å². The molecule has 35 heteroatoms. The lowest BCUT2D eigenvalue weighted by Crippen LogP contribution is -2.68. The van der Waals surface area contributed by atoms with E-state index in [1.807, 2.05) is 0 Å². The van der Waals surface area contributed by atoms with E-state index in [1.54, 1.807) is 0 Å². The van der Waals surface area contributed by atoms with Gasteiger partial charge in [0.2, 0.25) is 11.8 Å². The molecule has 75 heavy (non-hydrogen) atoms. The van der Waals surface area contributed by atoms with Gasteiger partial charge in [-0.15, -0.1) is 0 Å². The lowest BCUT2D eigenvalue weighted by Gasteiger charge is -2.48. The van der Waals surface area contributed by atoms with E-state index in [1.165, 1.54) is 13.8 Å². The lowest BCUT2D eigenvalue weighted by molar-refractivity contribution is -0.373. The molecule has 5 heterocycles. The Morgan fingerprint density at radius 1 is 0.560 bits per heavy atom. The summed E-state index contributed by atoms with van der Waals surface area (Å²) in [6, 6.07) is -3.53. The van der Waals surface area contributed by atoms with Crippen molar-refractivity contribution in [3.05, 3.63) is 0 Å². The fraction of sp³-hybridized carbons (Fsp3) is 0.950. The first-order valence-electron chi connectivity index (χ1n) is 23.4. The highest BCUT2D eigenvalue weighted by Gasteiger charge is 2.56. The van der Waals surface area contributed by atoms with Crippen molar-refractivity contribution in [2.45, 2.75) is 206 Å². The maximum absolute atomic E-state index is 12.5. The van der Waals surface area contributed by atoms with Crippen LogP contribution in [0.2, 0.25) is 0 Å². The molecule has 2 amide bonds. The molecular formula is C40H70N2O32S. The van der Waals surface area contributed by atoms with Crippen LogP contribution in [-0.4, -0.2) is 317 Å². The van der Waals surface area contributed by atoms with Gasteiger partial charge < -0.3 is 140 Å². The number of carbonyl (C=O) groups is 2. The van der Waals surface area contributed by atoms with E-state index < -0.39 is 233 Å². The number of hydrogen-bond acceptors (Lipinski definition) is 31. The Labute approximate surface area is 426 Å². The van der Waals surface area contributed by atoms with E-state index in [4.69, 9.17) is 47.4 Å². The van der Waals surface area contributed by atoms with E-state index >= 15 is 0 Å². The Hall–Kier alpha value is -2.23. The number of aliphatic hydroxyl groups is 16. The maximum Gasteiger partial charge on any atom is 0.397 e. The fourth-order valence-electron chi connectivity index (χ4n) is 8.86. The summed E-state index contributed by atoms with van der Waals surface area (Å²) in [5.41, 5.74) is 0. The van der Waals surface area contributed by atoms with Gasteiger partial charge in [-0.25, -0.2) is 4.18 Å². The van der Waals surface area contributed by atoms with Crippen molar-refractivity contribution in [3.8, 4) is 0 Å². The minimum atomic E-state index is -5.32. The summed E-state index contributed by atoms with van der Waals surface area (Å²) < 4.78 is 93.5. The number of carbonyl (C=O) groups excluding carboxylic acids is 2. The zero-order valence-electron chi connectivity index (χ0n) is 40.4. The smallest absolute Gasteiger partial charge is 0.394 e. The molecule has 5 saturated heterocycles. The second-order valence-electron chi connectivity index (χ2n) is 18.5. The topological polar surface area (TPSA) is 538 Å². The first-order chi connectivity index (χ1) is 35.0. The van der Waals surface area contributed by atoms with Gasteiger partial charge >= 0.3 is 10.4 Å². The molecule has 0 aromatic heterocycles. The summed E-state index contributed by atoms with van der Waals surface area (Å²) in [5.74, 6) is -1.75. The van der Waals surface area contributed by atoms with Gasteiger partial charge in [0.25, 0.3) is 0 Å². The molecule has 29 atom stereocenters. The van der Waals surface area contributed by atoms with Crippen molar-refractivity contribution in [2.75, 3.05) is 33.0 Å². The van der Waals surface area contributed by atoms with Gasteiger partial charge in [0.15, 0.2) is 31.5 Å². The Morgan fingerprint density at radius 2 is 0.987 bits per heavy atom. The van der Waals surface area contributed by atoms with E-state index in [-0.39, 0.29) is 0 Å². The Kier molecular flexibility index (Phi) is 23.1. The zero-order valence-corrected chi connectivity index (χ0v) is 41.2. The predicted octanol–water partition coefficient (Wildman–Crippen LogP) is -12.3. The highest BCUT2D eigenvalue weighted by Crippen LogP contribution is 2.35. The van der Waals surface area contributed by atoms with E-state index in [0.717, 1.165) is 13.8 Å². The highest BCUT2D eigenvalue weighted by atomic mass is 32.3. The van der Waals surface area contributed by atoms with E-state index in [2.05, 4.69) is 14.8 Å². The summed E-state index contributed by atoms with van der Waals surface area (Å²) in [4.78, 5) is 24.7. The second kappa shape index (κ2) is 27.3. The third-order valence-corrected chi connectivity index (χ3v) is 13.4. The fourth-order valence-corrected chi connectivity index (χ4v) is 9.17. The van der Waals surface area contributed by atoms with Crippen molar-refractivity contribution in [1.82, 2.24) is 10.6 Å². The van der Waals surface area contributed by atoms with Crippen molar-refractivity contribution >= 4 is 22.2 Å². The van der Waals surface area contributed by atoms with Crippen molar-refractivity contribution in [2.24, 2.45) is 0 Å². The van der Waals surface area contributed by atoms with Crippen molar-refractivity contribution in [3.63, 3.8) is 0 Å². The highest BCUT2D eigenvalue weighted by molar-refractivity contribution is 7.80. The average Bonchev–Trinajstić information content (AvgIpc) is 3.35. The number of hydrogen-bond donors (Lipinski definition) is 19. The quantitative estimate of drug-likeness (QED) is 0.0448. The van der Waals surface area contributed by atoms with Crippen molar-refractivity contribution < 1.29 is 156 Å². The standard InChI is InChI=1S/C40H70N2O32S/c1-10-20(49)24(53)28(57)37(66-10)72-33-16(6-44)68-39(30(59)26(33)55)71-32(14(5-43)41-12(3)46)22(51)15(48)8-64-36-19(42-13(4)47)23(52)35(18(70-36)9-65-75(61,62)63)74-40-31(60)27(56)34(17(7-45)69-40)73-38-29(58)25(54)21(50)11(2)67-38/h10-11,14-40,43-45,48-60H,5-9H2,1-4H3,(H,41,46)(H,42,47)(H,61,62,63)/t10-,11-,14?,15?,16?,17?,18?,19?,20+,21+,22?,23?,24+,25+,26?,27?,28-,29-,30?,31?,32?,33?,34?,35?,36?,37+,38+,39?,40?/m1/s1. The van der Waals surface area contributed by atoms with Crippen LogP contribution in [0.25, 0.3) is 0 Å². The van der Waals surface area contributed by atoms with Crippen LogP contribution in [0.15, 0.2) is 0 Å². The third kappa shape index (κ3) is 15.4. The molecule has 0 radical (unpaired) electrons. The summed E-state index contributed by atoms with van der Waals surface area (Å²) in [6.07, 6.45) is -50.9. The monoisotopic (exact) mass is 1120 g/mol. The Morgan fingerprint density at radius 3 is 1.43 bits per heavy atom. The molecule has 0 aromatic carbocycles. The van der Waals surface area contributed by atoms with Crippen LogP contribution in [0, 0.1) is 0 Å². The second-order valence-corrected chi connectivity index (χ2v) is 19.6. The van der Waals surface area contributed by atoms with Gasteiger partial charge in [-0.05, 0) is 13.8 Å². The molecule has 0 aromatic rings. The summed E-state index contributed by atoms with van der Waals surface area (Å²) in [5, 5.41) is 176. The summed E-state index contributed by atoms with van der Waals surface area (Å²) in [6.45, 7) is -0.902. The molecule has 19 unspecified atom stereocenters. The largest absolute Gasteiger partial charge is 0.397 e. The van der Waals surface area contributed by atoms with Crippen LogP contribution < -0.4 is 10.6 Å². The van der Waals surface area contributed by atoms with Gasteiger partial charge in [0.1, 0.15) is 128 Å². The van der Waals surface area contributed by atoms with Crippen LogP contribution in [-0.2, 0) is 71.5 Å². The lowest BCUT2D eigenvalue weighted by atomic mass is 9.95. The summed E-state index contributed by atoms with van der Waals surface area (Å²) >= 11 is 0. The van der Waals surface area contributed by atoms with Gasteiger partial charge in [-0.2, -0.15) is 8.42 Å². The van der Waals surface area contributed by atoms with Crippen LogP contribution in [0.5, 0.6) is 0 Å². The Bertz CT molecular complexity index is 1910. The van der Waals surface area contributed by atoms with Crippen LogP contribution in [0.1, 0.15) is 27.7 Å². The first kappa shape index (κ1) is 63.6. The number of rotatable bonds is 22. The molecule has 5 fully saturated rings. The average molecular weight is 1120 g/mol. The molecule has 5 aliphatic rings. The predicted molar refractivity (Wildman–Crippen MR) is 232 cm³/mol. The molecule has 0 saturated carbocycles. The third-order valence-electron chi connectivity index (χ3n) is 13.0. The van der Waals surface area contributed by atoms with Crippen LogP contribution in [0.4, 0.5) is 0 Å². The molecular weight excluding hydrogens is 1050 g/mol. The van der Waals surface area contributed by atoms with E-state index in [0.29, 0.717) is 0 Å². The number of nitrogens with one attached hydrogen (secondary N) is 2. The molecule has 0 bridgehead atoms. The van der Waals surface area contributed by atoms with Crippen LogP contribution in [0.3, 0.4) is 0 Å². The van der Waals surface area contributed by atoms with E-state index in [9.17, 15) is 104 Å². The van der Waals surface area contributed by atoms with Crippen molar-refractivity contribution in [1.29, 1.82) is 0 Å². The molecule has 0 spiro atoms. The SMILES string of the molecule is CC(=O)NC(CO)C(OC1OC(CO)C(O[C@@H]2O[C@H](C)[C@H](O)[C@H](O)[C@H]2O)C(O)C1O)C(O)C(O)COC1OC(COS(=O)(=O)O)C(OC2OC(CO)C(O[C@@H]3O[C@H](C)[C@H](O)[C@H](O)[C@H]3O)C(O)C2O)C(O)C1NC(C)=O. The van der Waals surface area contributed by atoms with Gasteiger partial charge in [0.05, 0.1) is 51.3 Å². The minimum absolute atomic E-state index is 0.843. The Balaban J connectivity index is 1.33. The van der Waals surface area contributed by atoms with Gasteiger partial charge in [0, 0.05) is 13.8 Å². The van der Waals surface area contributed by atoms with Gasteiger partial charge in [-0.1, -0.05) is 0 Å². The molecule has 0 aliphatic carbocycles. The molecule has 438 valence electrons. The summed E-state index contributed by atoms with van der Waals surface area (Å²) in [7, 11) is -5.32. The number of amides is 2. The normalized spacial score (nSPS) is 44.5. The molecule has 5 aliphatic heterocycles. The zero-order chi connectivity index (χ0) is 56.1. The molecule has 34 nitrogen and oxygen atoms in total. The van der Waals surface area contributed by atoms with Gasteiger partial charge in [-0.3, -0.25) is 14.1 Å². The maximum atomic E-state index is 12.5. The number of aliphatic hydroxyl groups excluding tert-OH is 16. The first-order valence-corrected chi connectivity index (χ1v) is 24.8.